The SMILES string of the molecule is COC1C(C)CC/C=C(/C)CCC2C1C2(C)C. The maximum atomic E-state index is 5.83. The predicted molar refractivity (Wildman–Crippen MR) is 72.9 cm³/mol. The molecule has 0 bridgehead atoms. The Labute approximate surface area is 107 Å². The monoisotopic (exact) mass is 236 g/mol. The van der Waals surface area contributed by atoms with Gasteiger partial charge in [-0.25, -0.2) is 0 Å². The molecule has 0 saturated heterocycles. The molecule has 0 N–H and O–H groups in total. The Kier molecular flexibility index (Phi) is 3.68. The van der Waals surface area contributed by atoms with E-state index in [-0.39, 0.29) is 0 Å². The van der Waals surface area contributed by atoms with Crippen LogP contribution in [-0.4, -0.2) is 13.2 Å². The van der Waals surface area contributed by atoms with Gasteiger partial charge < -0.3 is 4.74 Å². The van der Waals surface area contributed by atoms with Gasteiger partial charge >= 0.3 is 0 Å². The Bertz CT molecular complexity index is 303. The van der Waals surface area contributed by atoms with Gasteiger partial charge in [0.25, 0.3) is 0 Å². The molecule has 2 aliphatic rings. The molecule has 1 saturated carbocycles. The fourth-order valence-electron chi connectivity index (χ4n) is 3.97. The number of fused-ring (bicyclic) bond motifs is 1. The number of hydrogen-bond donors (Lipinski definition) is 0. The van der Waals surface area contributed by atoms with E-state index in [1.807, 2.05) is 7.11 Å². The predicted octanol–water partition coefficient (Wildman–Crippen LogP) is 4.43. The Morgan fingerprint density at radius 1 is 1.29 bits per heavy atom. The Balaban J connectivity index is 2.15. The van der Waals surface area contributed by atoms with E-state index in [0.717, 1.165) is 11.8 Å². The Morgan fingerprint density at radius 3 is 2.65 bits per heavy atom. The molecule has 0 spiro atoms. The molecule has 0 aliphatic heterocycles. The maximum Gasteiger partial charge on any atom is 0.0633 e. The molecule has 17 heavy (non-hydrogen) atoms. The zero-order valence-electron chi connectivity index (χ0n) is 12.1. The highest BCUT2D eigenvalue weighted by molar-refractivity contribution is 5.11. The van der Waals surface area contributed by atoms with Crippen LogP contribution in [0.4, 0.5) is 0 Å². The molecule has 1 fully saturated rings. The second-order valence-corrected chi connectivity index (χ2v) is 6.80. The summed E-state index contributed by atoms with van der Waals surface area (Å²) in [7, 11) is 1.90. The van der Waals surface area contributed by atoms with Crippen LogP contribution < -0.4 is 0 Å². The van der Waals surface area contributed by atoms with Gasteiger partial charge in [0, 0.05) is 7.11 Å². The molecule has 4 unspecified atom stereocenters. The topological polar surface area (TPSA) is 9.23 Å². The van der Waals surface area contributed by atoms with Gasteiger partial charge in [-0.05, 0) is 55.8 Å². The van der Waals surface area contributed by atoms with Crippen molar-refractivity contribution >= 4 is 0 Å². The van der Waals surface area contributed by atoms with Gasteiger partial charge in [0.05, 0.1) is 6.10 Å². The standard InChI is InChI=1S/C16H28O/c1-11-7-6-8-12(2)15(17-5)14-13(10-9-11)16(14,3)4/h7,12-15H,6,8-10H2,1-5H3/b11-7-. The van der Waals surface area contributed by atoms with Crippen molar-refractivity contribution in [3.8, 4) is 0 Å². The largest absolute Gasteiger partial charge is 0.381 e. The van der Waals surface area contributed by atoms with Crippen LogP contribution in [0.1, 0.15) is 53.4 Å². The van der Waals surface area contributed by atoms with Gasteiger partial charge in [0.2, 0.25) is 0 Å². The average molecular weight is 236 g/mol. The van der Waals surface area contributed by atoms with Crippen LogP contribution in [-0.2, 0) is 4.74 Å². The molecule has 0 heterocycles. The summed E-state index contributed by atoms with van der Waals surface area (Å²) >= 11 is 0. The van der Waals surface area contributed by atoms with Crippen molar-refractivity contribution in [1.29, 1.82) is 0 Å². The minimum Gasteiger partial charge on any atom is -0.381 e. The van der Waals surface area contributed by atoms with Crippen molar-refractivity contribution < 1.29 is 4.74 Å². The van der Waals surface area contributed by atoms with E-state index < -0.39 is 0 Å². The number of methoxy groups -OCH3 is 1. The second-order valence-electron chi connectivity index (χ2n) is 6.80. The molecule has 0 aromatic rings. The van der Waals surface area contributed by atoms with Crippen LogP contribution >= 0.6 is 0 Å². The smallest absolute Gasteiger partial charge is 0.0633 e. The van der Waals surface area contributed by atoms with E-state index in [4.69, 9.17) is 4.74 Å². The highest BCUT2D eigenvalue weighted by Gasteiger charge is 2.61. The van der Waals surface area contributed by atoms with E-state index in [1.54, 1.807) is 5.57 Å². The lowest BCUT2D eigenvalue weighted by molar-refractivity contribution is 0.0266. The first-order chi connectivity index (χ1) is 7.98. The molecular formula is C16H28O. The lowest BCUT2D eigenvalue weighted by atomic mass is 9.90. The van der Waals surface area contributed by atoms with E-state index >= 15 is 0 Å². The second kappa shape index (κ2) is 4.76. The van der Waals surface area contributed by atoms with Crippen molar-refractivity contribution in [3.05, 3.63) is 11.6 Å². The van der Waals surface area contributed by atoms with Gasteiger partial charge in [-0.15, -0.1) is 0 Å². The van der Waals surface area contributed by atoms with E-state index in [2.05, 4.69) is 33.8 Å². The van der Waals surface area contributed by atoms with Crippen LogP contribution in [0.2, 0.25) is 0 Å². The van der Waals surface area contributed by atoms with Crippen molar-refractivity contribution in [1.82, 2.24) is 0 Å². The third-order valence-electron chi connectivity index (χ3n) is 5.29. The Hall–Kier alpha value is -0.300. The molecule has 1 heteroatoms. The number of rotatable bonds is 1. The third-order valence-corrected chi connectivity index (χ3v) is 5.29. The average Bonchev–Trinajstić information content (AvgIpc) is 2.79. The van der Waals surface area contributed by atoms with E-state index in [1.165, 1.54) is 25.7 Å². The normalized spacial score (nSPS) is 44.4. The first-order valence-electron chi connectivity index (χ1n) is 7.17. The van der Waals surface area contributed by atoms with Gasteiger partial charge in [0.15, 0.2) is 0 Å². The van der Waals surface area contributed by atoms with Crippen molar-refractivity contribution in [2.24, 2.45) is 23.2 Å². The molecule has 1 nitrogen and oxygen atoms in total. The molecule has 0 aromatic heterocycles. The molecule has 0 aromatic carbocycles. The summed E-state index contributed by atoms with van der Waals surface area (Å²) in [6.07, 6.45) is 8.06. The fourth-order valence-corrected chi connectivity index (χ4v) is 3.97. The van der Waals surface area contributed by atoms with Crippen LogP contribution in [0, 0.1) is 23.2 Å². The van der Waals surface area contributed by atoms with E-state index in [0.29, 0.717) is 17.4 Å². The van der Waals surface area contributed by atoms with Gasteiger partial charge in [-0.3, -0.25) is 0 Å². The molecule has 98 valence electrons. The summed E-state index contributed by atoms with van der Waals surface area (Å²) < 4.78 is 5.83. The van der Waals surface area contributed by atoms with Crippen LogP contribution in [0.15, 0.2) is 11.6 Å². The zero-order chi connectivity index (χ0) is 12.6. The molecule has 2 rings (SSSR count). The molecule has 4 atom stereocenters. The summed E-state index contributed by atoms with van der Waals surface area (Å²) in [6.45, 7) is 9.52. The zero-order valence-corrected chi connectivity index (χ0v) is 12.1. The first kappa shape index (κ1) is 13.1. The lowest BCUT2D eigenvalue weighted by Gasteiger charge is -2.24. The third kappa shape index (κ3) is 2.45. The highest BCUT2D eigenvalue weighted by Crippen LogP contribution is 2.63. The maximum absolute atomic E-state index is 5.83. The number of allylic oxidation sites excluding steroid dienone is 2. The van der Waals surface area contributed by atoms with Crippen LogP contribution in [0.3, 0.4) is 0 Å². The summed E-state index contributed by atoms with van der Waals surface area (Å²) in [5.41, 5.74) is 2.09. The fraction of sp³-hybridized carbons (Fsp3) is 0.875. The van der Waals surface area contributed by atoms with E-state index in [9.17, 15) is 0 Å². The van der Waals surface area contributed by atoms with Crippen molar-refractivity contribution in [2.45, 2.75) is 59.5 Å². The molecule has 0 amide bonds. The minimum atomic E-state index is 0.474. The van der Waals surface area contributed by atoms with Crippen LogP contribution in [0.5, 0.6) is 0 Å². The van der Waals surface area contributed by atoms with Crippen LogP contribution in [0.25, 0.3) is 0 Å². The summed E-state index contributed by atoms with van der Waals surface area (Å²) in [5, 5.41) is 0. The first-order valence-corrected chi connectivity index (χ1v) is 7.17. The number of ether oxygens (including phenoxy) is 1. The lowest BCUT2D eigenvalue weighted by Crippen LogP contribution is -2.25. The Morgan fingerprint density at radius 2 is 2.00 bits per heavy atom. The van der Waals surface area contributed by atoms with Gasteiger partial charge in [-0.2, -0.15) is 0 Å². The minimum absolute atomic E-state index is 0.474. The summed E-state index contributed by atoms with van der Waals surface area (Å²) in [4.78, 5) is 0. The quantitative estimate of drug-likeness (QED) is 0.612. The molecular weight excluding hydrogens is 208 g/mol. The summed E-state index contributed by atoms with van der Waals surface area (Å²) in [5.74, 6) is 2.35. The van der Waals surface area contributed by atoms with Crippen molar-refractivity contribution in [3.63, 3.8) is 0 Å². The van der Waals surface area contributed by atoms with Crippen molar-refractivity contribution in [2.75, 3.05) is 7.11 Å². The summed E-state index contributed by atoms with van der Waals surface area (Å²) in [6, 6.07) is 0. The van der Waals surface area contributed by atoms with Gasteiger partial charge in [0.1, 0.15) is 0 Å². The molecule has 2 aliphatic carbocycles. The number of hydrogen-bond acceptors (Lipinski definition) is 1. The van der Waals surface area contributed by atoms with Gasteiger partial charge in [-0.1, -0.05) is 32.4 Å². The highest BCUT2D eigenvalue weighted by atomic mass is 16.5. The molecule has 0 radical (unpaired) electrons.